The van der Waals surface area contributed by atoms with Gasteiger partial charge in [0.05, 0.1) is 0 Å². The fourth-order valence-electron chi connectivity index (χ4n) is 7.39. The Morgan fingerprint density at radius 2 is 1.50 bits per heavy atom. The largest absolute Gasteiger partial charge is 0.506 e. The van der Waals surface area contributed by atoms with Crippen molar-refractivity contribution in [3.63, 3.8) is 0 Å². The first-order valence-corrected chi connectivity index (χ1v) is 15.5. The summed E-state index contributed by atoms with van der Waals surface area (Å²) in [5.74, 6) is -4.03. The first kappa shape index (κ1) is 34.8. The number of Topliss-reactive ketones (excluding diaryl/α,β-unsaturated/α-hetero) is 3. The molecule has 0 aromatic heterocycles. The third-order valence-electron chi connectivity index (χ3n) is 10.0. The summed E-state index contributed by atoms with van der Waals surface area (Å²) in [6.07, 6.45) is 8.08. The molecule has 2 saturated carbocycles. The molecule has 4 atom stereocenters. The van der Waals surface area contributed by atoms with Crippen molar-refractivity contribution in [2.24, 2.45) is 28.1 Å². The number of aliphatic hydroxyl groups excluding tert-OH is 1. The lowest BCUT2D eigenvalue weighted by Gasteiger charge is -2.62. The first-order valence-electron chi connectivity index (χ1n) is 15.5. The minimum Gasteiger partial charge on any atom is -0.506 e. The number of ketones is 3. The maximum absolute atomic E-state index is 15.3. The second kappa shape index (κ2) is 12.7. The zero-order chi connectivity index (χ0) is 33.4. The number of aromatic hydroxyl groups is 2. The summed E-state index contributed by atoms with van der Waals surface area (Å²) in [5.41, 5.74) is -0.709. The third kappa shape index (κ3) is 5.76. The van der Waals surface area contributed by atoms with Crippen LogP contribution in [0.3, 0.4) is 0 Å². The van der Waals surface area contributed by atoms with Crippen LogP contribution in [0.15, 0.2) is 70.9 Å². The standard InChI is InChI=1S/C38H50O6/c1-22(2)12-11-13-28(25(7)8)37-21-27(16-14-23(3)4)36(9,10)38(35(37)44,19-18-24(5)6)34(43)31(33(37)42)32(41)26-15-17-29(39)30(40)20-26/h12,14-15,17-18,20,27-28,39-41H,7,11,13,16,19,21H2,1-6,8-10H3/t27-,28+,37-,38-/m1/s1. The second-order valence-electron chi connectivity index (χ2n) is 14.2. The summed E-state index contributed by atoms with van der Waals surface area (Å²) in [6, 6.07) is 3.65. The van der Waals surface area contributed by atoms with Crippen LogP contribution < -0.4 is 0 Å². The molecule has 238 valence electrons. The zero-order valence-corrected chi connectivity index (χ0v) is 27.9. The molecule has 2 aliphatic rings. The molecule has 3 rings (SSSR count). The number of phenolic OH excluding ortho intramolecular Hbond substituents is 2. The number of hydrogen-bond donors (Lipinski definition) is 3. The van der Waals surface area contributed by atoms with Gasteiger partial charge in [-0.2, -0.15) is 0 Å². The lowest BCUT2D eigenvalue weighted by atomic mass is 9.37. The number of benzene rings is 1. The van der Waals surface area contributed by atoms with Gasteiger partial charge in [0.25, 0.3) is 0 Å². The Balaban J connectivity index is 2.52. The fourth-order valence-corrected chi connectivity index (χ4v) is 7.39. The highest BCUT2D eigenvalue weighted by Gasteiger charge is 2.75. The lowest BCUT2D eigenvalue weighted by molar-refractivity contribution is -0.179. The van der Waals surface area contributed by atoms with Crippen LogP contribution in [0.25, 0.3) is 5.76 Å². The molecule has 0 aliphatic heterocycles. The molecular formula is C38H50O6. The van der Waals surface area contributed by atoms with Crippen molar-refractivity contribution < 1.29 is 29.7 Å². The maximum atomic E-state index is 15.3. The van der Waals surface area contributed by atoms with Crippen molar-refractivity contribution in [2.45, 2.75) is 94.4 Å². The summed E-state index contributed by atoms with van der Waals surface area (Å²) in [6.45, 7) is 21.8. The molecular weight excluding hydrogens is 552 g/mol. The number of allylic oxidation sites excluding steroid dienone is 8. The Bertz CT molecular complexity index is 1490. The van der Waals surface area contributed by atoms with Crippen LogP contribution in [-0.2, 0) is 14.4 Å². The highest BCUT2D eigenvalue weighted by Crippen LogP contribution is 2.67. The van der Waals surface area contributed by atoms with E-state index in [9.17, 15) is 20.1 Å². The van der Waals surface area contributed by atoms with Gasteiger partial charge in [-0.05, 0) is 116 Å². The summed E-state index contributed by atoms with van der Waals surface area (Å²) in [7, 11) is 0. The molecule has 0 radical (unpaired) electrons. The minimum absolute atomic E-state index is 0.00671. The van der Waals surface area contributed by atoms with Crippen LogP contribution >= 0.6 is 0 Å². The highest BCUT2D eigenvalue weighted by atomic mass is 16.3. The van der Waals surface area contributed by atoms with Crippen molar-refractivity contribution in [2.75, 3.05) is 0 Å². The average molecular weight is 603 g/mol. The zero-order valence-electron chi connectivity index (χ0n) is 27.9. The van der Waals surface area contributed by atoms with Gasteiger partial charge in [0, 0.05) is 5.56 Å². The van der Waals surface area contributed by atoms with Gasteiger partial charge >= 0.3 is 0 Å². The Morgan fingerprint density at radius 3 is 2.02 bits per heavy atom. The van der Waals surface area contributed by atoms with E-state index < -0.39 is 56.6 Å². The van der Waals surface area contributed by atoms with E-state index in [0.717, 1.165) is 22.8 Å². The Hall–Kier alpha value is -3.67. The molecule has 44 heavy (non-hydrogen) atoms. The van der Waals surface area contributed by atoms with Crippen LogP contribution in [0.5, 0.6) is 11.5 Å². The molecule has 0 saturated heterocycles. The Kier molecular flexibility index (Phi) is 10.1. The maximum Gasteiger partial charge on any atom is 0.184 e. The molecule has 1 aromatic carbocycles. The van der Waals surface area contributed by atoms with Crippen molar-refractivity contribution in [1.29, 1.82) is 0 Å². The van der Waals surface area contributed by atoms with E-state index in [-0.39, 0.29) is 30.1 Å². The van der Waals surface area contributed by atoms with Gasteiger partial charge in [0.15, 0.2) is 28.8 Å². The molecule has 6 heteroatoms. The van der Waals surface area contributed by atoms with Gasteiger partial charge < -0.3 is 15.3 Å². The number of carbonyl (C=O) groups is 3. The normalized spacial score (nSPS) is 26.0. The van der Waals surface area contributed by atoms with E-state index in [2.05, 4.69) is 18.7 Å². The molecule has 0 spiro atoms. The van der Waals surface area contributed by atoms with Gasteiger partial charge in [0.1, 0.15) is 22.2 Å². The fraction of sp³-hybridized carbons (Fsp3) is 0.500. The number of phenols is 2. The first-order chi connectivity index (χ1) is 20.4. The van der Waals surface area contributed by atoms with E-state index in [4.69, 9.17) is 0 Å². The van der Waals surface area contributed by atoms with Crippen LogP contribution in [0.4, 0.5) is 0 Å². The molecule has 2 aliphatic carbocycles. The van der Waals surface area contributed by atoms with E-state index in [1.165, 1.54) is 12.1 Å². The van der Waals surface area contributed by atoms with Crippen LogP contribution in [0, 0.1) is 28.1 Å². The van der Waals surface area contributed by atoms with Gasteiger partial charge in [0.2, 0.25) is 0 Å². The van der Waals surface area contributed by atoms with E-state index in [0.29, 0.717) is 24.8 Å². The number of fused-ring (bicyclic) bond motifs is 2. The number of hydrogen-bond acceptors (Lipinski definition) is 6. The summed E-state index contributed by atoms with van der Waals surface area (Å²) < 4.78 is 0. The van der Waals surface area contributed by atoms with Gasteiger partial charge in [-0.1, -0.05) is 60.9 Å². The second-order valence-corrected chi connectivity index (χ2v) is 14.2. The Labute approximate surface area is 263 Å². The summed E-state index contributed by atoms with van der Waals surface area (Å²) in [5, 5.41) is 31.8. The topological polar surface area (TPSA) is 112 Å². The van der Waals surface area contributed by atoms with E-state index in [1.807, 2.05) is 68.4 Å². The molecule has 0 amide bonds. The highest BCUT2D eigenvalue weighted by molar-refractivity contribution is 6.42. The molecule has 0 unspecified atom stereocenters. The molecule has 1 aromatic rings. The molecule has 2 fully saturated rings. The summed E-state index contributed by atoms with van der Waals surface area (Å²) >= 11 is 0. The van der Waals surface area contributed by atoms with Crippen molar-refractivity contribution >= 4 is 23.1 Å². The monoisotopic (exact) mass is 602 g/mol. The van der Waals surface area contributed by atoms with Gasteiger partial charge in [-0.15, -0.1) is 0 Å². The van der Waals surface area contributed by atoms with Gasteiger partial charge in [-0.3, -0.25) is 14.4 Å². The SMILES string of the molecule is C=C(C)[C@H](CCC=C(C)C)[C@]12C[C@@H](CC=C(C)C)C(C)(C)[C@](CC=C(C)C)(C(=O)C(=C(O)c3ccc(O)c(O)c3)C1=O)C2=O. The number of carbonyl (C=O) groups excluding carboxylic acids is 3. The quantitative estimate of drug-likeness (QED) is 0.0616. The predicted octanol–water partition coefficient (Wildman–Crippen LogP) is 8.76. The number of rotatable bonds is 10. The number of aliphatic hydroxyl groups is 1. The summed E-state index contributed by atoms with van der Waals surface area (Å²) in [4.78, 5) is 45.3. The smallest absolute Gasteiger partial charge is 0.184 e. The van der Waals surface area contributed by atoms with Crippen molar-refractivity contribution in [3.8, 4) is 11.5 Å². The predicted molar refractivity (Wildman–Crippen MR) is 176 cm³/mol. The molecule has 0 heterocycles. The van der Waals surface area contributed by atoms with Crippen LogP contribution in [-0.4, -0.2) is 32.7 Å². The van der Waals surface area contributed by atoms with Crippen LogP contribution in [0.1, 0.15) is 100.0 Å². The van der Waals surface area contributed by atoms with Crippen molar-refractivity contribution in [1.82, 2.24) is 0 Å². The Morgan fingerprint density at radius 1 is 0.909 bits per heavy atom. The lowest BCUT2D eigenvalue weighted by Crippen LogP contribution is -2.71. The van der Waals surface area contributed by atoms with E-state index in [1.54, 1.807) is 0 Å². The minimum atomic E-state index is -1.64. The molecule has 2 bridgehead atoms. The average Bonchev–Trinajstić information content (AvgIpc) is 2.91. The molecule has 3 N–H and O–H groups in total. The third-order valence-corrected chi connectivity index (χ3v) is 10.0. The van der Waals surface area contributed by atoms with E-state index >= 15 is 9.59 Å². The van der Waals surface area contributed by atoms with Gasteiger partial charge in [-0.25, -0.2) is 0 Å². The van der Waals surface area contributed by atoms with Crippen molar-refractivity contribution in [3.05, 3.63) is 76.4 Å². The van der Waals surface area contributed by atoms with Crippen LogP contribution in [0.2, 0.25) is 0 Å². The molecule has 6 nitrogen and oxygen atoms in total.